The van der Waals surface area contributed by atoms with Gasteiger partial charge in [-0.2, -0.15) is 0 Å². The molecule has 1 atom stereocenters. The second-order valence-corrected chi connectivity index (χ2v) is 5.08. The first-order valence-corrected chi connectivity index (χ1v) is 7.11. The van der Waals surface area contributed by atoms with Gasteiger partial charge in [-0.1, -0.05) is 11.6 Å². The van der Waals surface area contributed by atoms with E-state index in [1.165, 1.54) is 30.2 Å². The fourth-order valence-corrected chi connectivity index (χ4v) is 2.18. The van der Waals surface area contributed by atoms with Gasteiger partial charge in [0.25, 0.3) is 0 Å². The lowest BCUT2D eigenvalue weighted by atomic mass is 9.97. The number of aliphatic carboxylic acids is 1. The van der Waals surface area contributed by atoms with Crippen LogP contribution in [-0.4, -0.2) is 52.9 Å². The van der Waals surface area contributed by atoms with Crippen molar-refractivity contribution in [3.05, 3.63) is 11.6 Å². The van der Waals surface area contributed by atoms with Crippen LogP contribution in [0.2, 0.25) is 0 Å². The molecule has 0 aromatic carbocycles. The number of urea groups is 1. The summed E-state index contributed by atoms with van der Waals surface area (Å²) in [4.78, 5) is 24.1. The molecule has 0 heterocycles. The molecule has 0 aromatic rings. The quantitative estimate of drug-likeness (QED) is 0.616. The van der Waals surface area contributed by atoms with Crippen LogP contribution in [0.25, 0.3) is 0 Å². The van der Waals surface area contributed by atoms with E-state index in [9.17, 15) is 9.59 Å². The molecule has 1 aliphatic carbocycles. The molecule has 1 aliphatic rings. The lowest BCUT2D eigenvalue weighted by Crippen LogP contribution is -2.47. The summed E-state index contributed by atoms with van der Waals surface area (Å²) < 4.78 is 0. The Bertz CT molecular complexity index is 368. The summed E-state index contributed by atoms with van der Waals surface area (Å²) in [5, 5.41) is 20.2. The predicted molar refractivity (Wildman–Crippen MR) is 75.5 cm³/mol. The molecule has 1 rings (SSSR count). The van der Waals surface area contributed by atoms with Crippen LogP contribution in [0, 0.1) is 0 Å². The molecule has 2 amide bonds. The minimum atomic E-state index is -1.07. The number of nitrogens with zero attached hydrogens (tertiary/aromatic N) is 1. The molecule has 3 N–H and O–H groups in total. The van der Waals surface area contributed by atoms with Crippen molar-refractivity contribution >= 4 is 12.0 Å². The van der Waals surface area contributed by atoms with Crippen molar-refractivity contribution in [3.8, 4) is 0 Å². The van der Waals surface area contributed by atoms with Crippen molar-refractivity contribution < 1.29 is 19.8 Å². The van der Waals surface area contributed by atoms with Gasteiger partial charge in [0.15, 0.2) is 0 Å². The first-order valence-electron chi connectivity index (χ1n) is 7.11. The highest BCUT2D eigenvalue weighted by Gasteiger charge is 2.19. The zero-order valence-corrected chi connectivity index (χ0v) is 12.0. The van der Waals surface area contributed by atoms with Crippen LogP contribution in [0.3, 0.4) is 0 Å². The van der Waals surface area contributed by atoms with Crippen LogP contribution < -0.4 is 5.32 Å². The van der Waals surface area contributed by atoms with E-state index >= 15 is 0 Å². The molecule has 0 bridgehead atoms. The van der Waals surface area contributed by atoms with Gasteiger partial charge in [-0.15, -0.1) is 0 Å². The summed E-state index contributed by atoms with van der Waals surface area (Å²) >= 11 is 0. The third-order valence-electron chi connectivity index (χ3n) is 3.46. The predicted octanol–water partition coefficient (Wildman–Crippen LogP) is 1.35. The Hall–Kier alpha value is -1.56. The molecule has 20 heavy (non-hydrogen) atoms. The number of hydrogen-bond acceptors (Lipinski definition) is 3. The van der Waals surface area contributed by atoms with Gasteiger partial charge < -0.3 is 20.4 Å². The lowest BCUT2D eigenvalue weighted by molar-refractivity contribution is -0.138. The number of carboxylic acids is 1. The highest BCUT2D eigenvalue weighted by molar-refractivity contribution is 5.82. The molecule has 6 nitrogen and oxygen atoms in total. The van der Waals surface area contributed by atoms with Crippen LogP contribution in [-0.2, 0) is 4.79 Å². The number of aliphatic hydroxyl groups is 1. The molecule has 0 aromatic heterocycles. The van der Waals surface area contributed by atoms with Crippen LogP contribution in [0.5, 0.6) is 0 Å². The van der Waals surface area contributed by atoms with Crippen LogP contribution in [0.4, 0.5) is 4.79 Å². The first kappa shape index (κ1) is 16.5. The highest BCUT2D eigenvalue weighted by atomic mass is 16.4. The van der Waals surface area contributed by atoms with E-state index in [-0.39, 0.29) is 13.2 Å². The Morgan fingerprint density at radius 3 is 2.70 bits per heavy atom. The second kappa shape index (κ2) is 8.58. The number of rotatable bonds is 7. The van der Waals surface area contributed by atoms with E-state index in [0.717, 1.165) is 19.3 Å². The van der Waals surface area contributed by atoms with Gasteiger partial charge in [-0.05, 0) is 39.0 Å². The summed E-state index contributed by atoms with van der Waals surface area (Å²) in [6.45, 7) is 2.00. The zero-order chi connectivity index (χ0) is 15.0. The molecule has 0 radical (unpaired) electrons. The molecular formula is C14H24N2O4. The van der Waals surface area contributed by atoms with E-state index < -0.39 is 18.0 Å². The van der Waals surface area contributed by atoms with Crippen molar-refractivity contribution in [3.63, 3.8) is 0 Å². The van der Waals surface area contributed by atoms with E-state index in [2.05, 4.69) is 11.4 Å². The number of amides is 2. The molecule has 0 aliphatic heterocycles. The standard InChI is InChI=1S/C14H24N2O4/c1-11(13(18)19)15-14(20)16(9-10-17)8-7-12-5-3-2-4-6-12/h5,11,17H,2-4,6-10H2,1H3,(H,15,20)(H,18,19)/t11-/m0/s1. The first-order chi connectivity index (χ1) is 9.54. The van der Waals surface area contributed by atoms with Crippen molar-refractivity contribution in [2.75, 3.05) is 19.7 Å². The summed E-state index contributed by atoms with van der Waals surface area (Å²) in [6, 6.07) is -1.37. The van der Waals surface area contributed by atoms with Crippen LogP contribution in [0.15, 0.2) is 11.6 Å². The number of aliphatic hydroxyl groups excluding tert-OH is 1. The average molecular weight is 284 g/mol. The SMILES string of the molecule is C[C@H](NC(=O)N(CCO)CCC1=CCCCC1)C(=O)O. The molecule has 0 spiro atoms. The number of nitrogens with one attached hydrogen (secondary N) is 1. The van der Waals surface area contributed by atoms with Gasteiger partial charge >= 0.3 is 12.0 Å². The van der Waals surface area contributed by atoms with E-state index in [0.29, 0.717) is 6.54 Å². The third-order valence-corrected chi connectivity index (χ3v) is 3.46. The van der Waals surface area contributed by atoms with Gasteiger partial charge in [0.1, 0.15) is 6.04 Å². The maximum atomic E-state index is 11.9. The summed E-state index contributed by atoms with van der Waals surface area (Å²) in [6.07, 6.45) is 7.58. The van der Waals surface area contributed by atoms with Crippen LogP contribution in [0.1, 0.15) is 39.0 Å². The van der Waals surface area contributed by atoms with Gasteiger partial charge in [0.05, 0.1) is 6.61 Å². The van der Waals surface area contributed by atoms with Crippen LogP contribution >= 0.6 is 0 Å². The summed E-state index contributed by atoms with van der Waals surface area (Å²) in [5.74, 6) is -1.07. The molecule has 114 valence electrons. The monoisotopic (exact) mass is 284 g/mol. The Morgan fingerprint density at radius 1 is 1.40 bits per heavy atom. The Kier molecular flexibility index (Phi) is 7.08. The third kappa shape index (κ3) is 5.61. The van der Waals surface area contributed by atoms with Gasteiger partial charge in [-0.3, -0.25) is 4.79 Å². The molecule has 0 saturated carbocycles. The molecule has 0 unspecified atom stereocenters. The van der Waals surface area contributed by atoms with Crippen molar-refractivity contribution in [2.24, 2.45) is 0 Å². The second-order valence-electron chi connectivity index (χ2n) is 5.08. The van der Waals surface area contributed by atoms with Crippen molar-refractivity contribution in [2.45, 2.75) is 45.1 Å². The maximum Gasteiger partial charge on any atom is 0.325 e. The highest BCUT2D eigenvalue weighted by Crippen LogP contribution is 2.20. The van der Waals surface area contributed by atoms with Gasteiger partial charge in [0.2, 0.25) is 0 Å². The normalized spacial score (nSPS) is 16.2. The maximum absolute atomic E-state index is 11.9. The number of carboxylic acid groups (broad SMARTS) is 1. The van der Waals surface area contributed by atoms with Gasteiger partial charge in [-0.25, -0.2) is 4.79 Å². The fraction of sp³-hybridized carbons (Fsp3) is 0.714. The molecule has 0 saturated heterocycles. The summed E-state index contributed by atoms with van der Waals surface area (Å²) in [5.41, 5.74) is 1.35. The number of carbonyl (C=O) groups is 2. The lowest BCUT2D eigenvalue weighted by Gasteiger charge is -2.24. The topological polar surface area (TPSA) is 89.9 Å². The number of allylic oxidation sites excluding steroid dienone is 1. The largest absolute Gasteiger partial charge is 0.480 e. The van der Waals surface area contributed by atoms with Gasteiger partial charge in [0, 0.05) is 13.1 Å². The fourth-order valence-electron chi connectivity index (χ4n) is 2.18. The van der Waals surface area contributed by atoms with Crippen molar-refractivity contribution in [1.82, 2.24) is 10.2 Å². The molecular weight excluding hydrogens is 260 g/mol. The minimum Gasteiger partial charge on any atom is -0.480 e. The Labute approximate surface area is 119 Å². The number of carbonyl (C=O) groups excluding carboxylic acids is 1. The zero-order valence-electron chi connectivity index (χ0n) is 12.0. The van der Waals surface area contributed by atoms with E-state index in [4.69, 9.17) is 10.2 Å². The summed E-state index contributed by atoms with van der Waals surface area (Å²) in [7, 11) is 0. The Morgan fingerprint density at radius 2 is 2.15 bits per heavy atom. The van der Waals surface area contributed by atoms with Crippen molar-refractivity contribution in [1.29, 1.82) is 0 Å². The number of hydrogen-bond donors (Lipinski definition) is 3. The smallest absolute Gasteiger partial charge is 0.325 e. The average Bonchev–Trinajstić information content (AvgIpc) is 2.44. The van der Waals surface area contributed by atoms with E-state index in [1.807, 2.05) is 0 Å². The minimum absolute atomic E-state index is 0.131. The molecule has 6 heteroatoms. The van der Waals surface area contributed by atoms with E-state index in [1.54, 1.807) is 0 Å². The Balaban J connectivity index is 2.47. The molecule has 0 fully saturated rings.